The van der Waals surface area contributed by atoms with Gasteiger partial charge < -0.3 is 5.11 Å². The molecule has 0 spiro atoms. The predicted molar refractivity (Wildman–Crippen MR) is 81.0 cm³/mol. The van der Waals surface area contributed by atoms with Crippen molar-refractivity contribution in [3.05, 3.63) is 12.2 Å². The standard InChI is InChI=1S/C15H32OSi/c1-7-10-11-12-13-15(16,17(4,5)6)14(8-2)9-3/h12-14,16H,7-11H2,1-6H3. The Morgan fingerprint density at radius 3 is 2.00 bits per heavy atom. The molecule has 0 aliphatic rings. The van der Waals surface area contributed by atoms with E-state index in [4.69, 9.17) is 0 Å². The lowest BCUT2D eigenvalue weighted by Gasteiger charge is -2.42. The molecule has 1 unspecified atom stereocenters. The number of unbranched alkanes of at least 4 members (excludes halogenated alkanes) is 2. The summed E-state index contributed by atoms with van der Waals surface area (Å²) < 4.78 is 0. The van der Waals surface area contributed by atoms with Gasteiger partial charge in [0, 0.05) is 0 Å². The van der Waals surface area contributed by atoms with Crippen molar-refractivity contribution in [3.8, 4) is 0 Å². The molecule has 0 saturated heterocycles. The Balaban J connectivity index is 4.91. The first-order valence-electron chi connectivity index (χ1n) is 7.23. The van der Waals surface area contributed by atoms with Crippen molar-refractivity contribution in [1.29, 1.82) is 0 Å². The molecule has 0 rings (SSSR count). The zero-order chi connectivity index (χ0) is 13.5. The Kier molecular flexibility index (Phi) is 7.34. The van der Waals surface area contributed by atoms with Gasteiger partial charge in [0.05, 0.1) is 13.3 Å². The Bertz CT molecular complexity index is 226. The predicted octanol–water partition coefficient (Wildman–Crippen LogP) is 4.78. The average Bonchev–Trinajstić information content (AvgIpc) is 2.24. The maximum Gasteiger partial charge on any atom is 0.0873 e. The SMILES string of the molecule is CCCCC=CC(O)(C(CC)CC)[Si](C)(C)C. The summed E-state index contributed by atoms with van der Waals surface area (Å²) in [5.41, 5.74) is 0. The minimum atomic E-state index is -1.61. The van der Waals surface area contributed by atoms with Gasteiger partial charge in [0.15, 0.2) is 0 Å². The molecule has 17 heavy (non-hydrogen) atoms. The molecule has 1 N–H and O–H groups in total. The van der Waals surface area contributed by atoms with E-state index in [1.165, 1.54) is 12.8 Å². The summed E-state index contributed by atoms with van der Waals surface area (Å²) in [6.45, 7) is 13.4. The van der Waals surface area contributed by atoms with E-state index in [9.17, 15) is 5.11 Å². The van der Waals surface area contributed by atoms with Gasteiger partial charge in [-0.15, -0.1) is 0 Å². The molecule has 0 aromatic rings. The molecular formula is C15H32OSi. The van der Waals surface area contributed by atoms with Crippen LogP contribution in [0.15, 0.2) is 12.2 Å². The molecule has 0 bridgehead atoms. The van der Waals surface area contributed by atoms with Crippen LogP contribution in [0.5, 0.6) is 0 Å². The minimum absolute atomic E-state index is 0.409. The quantitative estimate of drug-likeness (QED) is 0.376. The van der Waals surface area contributed by atoms with E-state index in [2.05, 4.69) is 52.6 Å². The molecular weight excluding hydrogens is 224 g/mol. The fourth-order valence-corrected chi connectivity index (χ4v) is 4.75. The van der Waals surface area contributed by atoms with Crippen LogP contribution < -0.4 is 0 Å². The first-order chi connectivity index (χ1) is 7.83. The molecule has 0 aliphatic carbocycles. The first-order valence-corrected chi connectivity index (χ1v) is 10.7. The molecule has 0 aromatic heterocycles. The average molecular weight is 257 g/mol. The van der Waals surface area contributed by atoms with Crippen molar-refractivity contribution in [2.45, 2.75) is 77.7 Å². The molecule has 2 heteroatoms. The van der Waals surface area contributed by atoms with Crippen LogP contribution in [0.2, 0.25) is 19.6 Å². The van der Waals surface area contributed by atoms with Crippen LogP contribution in [0.1, 0.15) is 52.9 Å². The zero-order valence-corrected chi connectivity index (χ0v) is 13.7. The molecule has 1 nitrogen and oxygen atoms in total. The molecule has 0 saturated carbocycles. The van der Waals surface area contributed by atoms with Gasteiger partial charge in [-0.25, -0.2) is 0 Å². The Morgan fingerprint density at radius 1 is 1.12 bits per heavy atom. The summed E-state index contributed by atoms with van der Waals surface area (Å²) in [4.78, 5) is 0. The zero-order valence-electron chi connectivity index (χ0n) is 12.7. The van der Waals surface area contributed by atoms with Gasteiger partial charge in [0.25, 0.3) is 0 Å². The van der Waals surface area contributed by atoms with Crippen molar-refractivity contribution in [2.24, 2.45) is 5.92 Å². The van der Waals surface area contributed by atoms with E-state index in [1.807, 2.05) is 0 Å². The topological polar surface area (TPSA) is 20.2 Å². The van der Waals surface area contributed by atoms with E-state index in [0.717, 1.165) is 19.3 Å². The lowest BCUT2D eigenvalue weighted by atomic mass is 9.95. The smallest absolute Gasteiger partial charge is 0.0873 e. The van der Waals surface area contributed by atoms with Crippen LogP contribution >= 0.6 is 0 Å². The maximum absolute atomic E-state index is 11.1. The van der Waals surface area contributed by atoms with Crippen molar-refractivity contribution in [1.82, 2.24) is 0 Å². The fourth-order valence-electron chi connectivity index (χ4n) is 2.49. The third-order valence-electron chi connectivity index (χ3n) is 3.91. The van der Waals surface area contributed by atoms with Gasteiger partial charge in [-0.2, -0.15) is 0 Å². The van der Waals surface area contributed by atoms with Crippen molar-refractivity contribution in [2.75, 3.05) is 0 Å². The highest BCUT2D eigenvalue weighted by atomic mass is 28.3. The van der Waals surface area contributed by atoms with Gasteiger partial charge in [0.2, 0.25) is 0 Å². The summed E-state index contributed by atoms with van der Waals surface area (Å²) >= 11 is 0. The lowest BCUT2D eigenvalue weighted by Crippen LogP contribution is -2.55. The largest absolute Gasteiger partial charge is 0.389 e. The van der Waals surface area contributed by atoms with Gasteiger partial charge in [-0.05, 0) is 12.3 Å². The third-order valence-corrected chi connectivity index (χ3v) is 6.88. The summed E-state index contributed by atoms with van der Waals surface area (Å²) in [6.07, 6.45) is 10.0. The van der Waals surface area contributed by atoms with Crippen molar-refractivity contribution < 1.29 is 5.11 Å². The molecule has 102 valence electrons. The van der Waals surface area contributed by atoms with E-state index >= 15 is 0 Å². The van der Waals surface area contributed by atoms with Gasteiger partial charge in [-0.3, -0.25) is 0 Å². The van der Waals surface area contributed by atoms with Crippen molar-refractivity contribution >= 4 is 8.07 Å². The van der Waals surface area contributed by atoms with Gasteiger partial charge in [-0.1, -0.05) is 78.2 Å². The summed E-state index contributed by atoms with van der Waals surface area (Å²) in [7, 11) is -1.61. The summed E-state index contributed by atoms with van der Waals surface area (Å²) in [5, 5.41) is 10.5. The van der Waals surface area contributed by atoms with Gasteiger partial charge >= 0.3 is 0 Å². The Morgan fingerprint density at radius 2 is 1.65 bits per heavy atom. The second kappa shape index (κ2) is 7.37. The van der Waals surface area contributed by atoms with E-state index in [1.54, 1.807) is 0 Å². The lowest BCUT2D eigenvalue weighted by molar-refractivity contribution is 0.0919. The molecule has 1 atom stereocenters. The minimum Gasteiger partial charge on any atom is -0.389 e. The molecule has 0 aliphatic heterocycles. The molecule has 0 radical (unpaired) electrons. The van der Waals surface area contributed by atoms with Crippen LogP contribution in [0.25, 0.3) is 0 Å². The van der Waals surface area contributed by atoms with Crippen LogP contribution in [-0.4, -0.2) is 18.4 Å². The third kappa shape index (κ3) is 4.59. The Labute approximate surface area is 109 Å². The van der Waals surface area contributed by atoms with E-state index < -0.39 is 13.3 Å². The number of hydrogen-bond acceptors (Lipinski definition) is 1. The second-order valence-corrected chi connectivity index (χ2v) is 11.4. The number of aliphatic hydroxyl groups is 1. The Hall–Kier alpha value is -0.0831. The van der Waals surface area contributed by atoms with Gasteiger partial charge in [0.1, 0.15) is 0 Å². The molecule has 0 amide bonds. The number of hydrogen-bond donors (Lipinski definition) is 1. The van der Waals surface area contributed by atoms with E-state index in [-0.39, 0.29) is 0 Å². The van der Waals surface area contributed by atoms with Crippen molar-refractivity contribution in [3.63, 3.8) is 0 Å². The van der Waals surface area contributed by atoms with E-state index in [0.29, 0.717) is 5.92 Å². The fraction of sp³-hybridized carbons (Fsp3) is 0.867. The highest BCUT2D eigenvalue weighted by Crippen LogP contribution is 2.34. The van der Waals surface area contributed by atoms with Crippen LogP contribution in [0.3, 0.4) is 0 Å². The van der Waals surface area contributed by atoms with Crippen LogP contribution in [0.4, 0.5) is 0 Å². The monoisotopic (exact) mass is 256 g/mol. The second-order valence-electron chi connectivity index (χ2n) is 6.13. The molecule has 0 fully saturated rings. The summed E-state index contributed by atoms with van der Waals surface area (Å²) in [5.74, 6) is 0.409. The highest BCUT2D eigenvalue weighted by molar-refractivity contribution is 6.79. The highest BCUT2D eigenvalue weighted by Gasteiger charge is 2.44. The van der Waals surface area contributed by atoms with Crippen LogP contribution in [0, 0.1) is 5.92 Å². The number of rotatable bonds is 8. The molecule has 0 aromatic carbocycles. The molecule has 0 heterocycles. The maximum atomic E-state index is 11.1. The first kappa shape index (κ1) is 16.9. The summed E-state index contributed by atoms with van der Waals surface area (Å²) in [6, 6.07) is 0. The normalized spacial score (nSPS) is 16.7. The number of allylic oxidation sites excluding steroid dienone is 1. The van der Waals surface area contributed by atoms with Crippen LogP contribution in [-0.2, 0) is 0 Å².